The molecule has 1 spiro atoms. The standard InChI is InChI=1S/C21H29N7O/c1-2-28-20(23-16-24-28)26-13-18(29)11-21(15-26)6-9-25(10-7-21)14-19-22-12-17-5-3-4-8-27(17)19/h3-5,8,12,16,18,29H,2,6-7,9-11,13-15H2,1H3. The minimum Gasteiger partial charge on any atom is -0.391 e. The molecular weight excluding hydrogens is 366 g/mol. The molecule has 5 rings (SSSR count). The third-order valence-corrected chi connectivity index (χ3v) is 6.60. The topological polar surface area (TPSA) is 74.7 Å². The Bertz CT molecular complexity index is 972. The van der Waals surface area contributed by atoms with Crippen LogP contribution in [0.4, 0.5) is 5.95 Å². The Labute approximate surface area is 170 Å². The third-order valence-electron chi connectivity index (χ3n) is 6.60. The van der Waals surface area contributed by atoms with Gasteiger partial charge in [0, 0.05) is 25.8 Å². The van der Waals surface area contributed by atoms with Crippen LogP contribution in [0.25, 0.3) is 5.52 Å². The number of aliphatic hydroxyl groups excluding tert-OH is 1. The largest absolute Gasteiger partial charge is 0.391 e. The van der Waals surface area contributed by atoms with E-state index >= 15 is 0 Å². The number of imidazole rings is 1. The molecule has 0 aliphatic carbocycles. The number of piperidine rings is 2. The maximum atomic E-state index is 10.6. The molecule has 0 aromatic carbocycles. The lowest BCUT2D eigenvalue weighted by molar-refractivity contribution is 0.0232. The molecule has 1 N–H and O–H groups in total. The van der Waals surface area contributed by atoms with Gasteiger partial charge in [-0.15, -0.1) is 0 Å². The van der Waals surface area contributed by atoms with Crippen LogP contribution in [0.1, 0.15) is 32.0 Å². The van der Waals surface area contributed by atoms with Gasteiger partial charge >= 0.3 is 0 Å². The molecule has 154 valence electrons. The lowest BCUT2D eigenvalue weighted by atomic mass is 9.71. The molecule has 3 aromatic heterocycles. The van der Waals surface area contributed by atoms with Crippen LogP contribution in [-0.2, 0) is 13.1 Å². The van der Waals surface area contributed by atoms with Crippen LogP contribution < -0.4 is 4.90 Å². The molecule has 1 unspecified atom stereocenters. The van der Waals surface area contributed by atoms with Crippen molar-refractivity contribution in [1.82, 2.24) is 29.0 Å². The van der Waals surface area contributed by atoms with Crippen molar-refractivity contribution in [3.8, 4) is 0 Å². The second-order valence-corrected chi connectivity index (χ2v) is 8.56. The van der Waals surface area contributed by atoms with E-state index in [1.165, 1.54) is 0 Å². The Morgan fingerprint density at radius 2 is 2.07 bits per heavy atom. The van der Waals surface area contributed by atoms with E-state index in [0.29, 0.717) is 6.54 Å². The van der Waals surface area contributed by atoms with Gasteiger partial charge in [-0.25, -0.2) is 9.67 Å². The third kappa shape index (κ3) is 3.51. The van der Waals surface area contributed by atoms with Crippen LogP contribution in [-0.4, -0.2) is 66.4 Å². The Balaban J connectivity index is 1.27. The van der Waals surface area contributed by atoms with Crippen molar-refractivity contribution in [2.75, 3.05) is 31.1 Å². The van der Waals surface area contributed by atoms with E-state index in [9.17, 15) is 5.11 Å². The maximum Gasteiger partial charge on any atom is 0.223 e. The first-order valence-corrected chi connectivity index (χ1v) is 10.6. The van der Waals surface area contributed by atoms with Gasteiger partial charge in [-0.05, 0) is 56.8 Å². The minimum atomic E-state index is -0.312. The molecule has 2 aliphatic heterocycles. The number of likely N-dealkylation sites (tertiary alicyclic amines) is 1. The highest BCUT2D eigenvalue weighted by molar-refractivity contribution is 5.45. The number of hydrogen-bond donors (Lipinski definition) is 1. The molecule has 29 heavy (non-hydrogen) atoms. The monoisotopic (exact) mass is 395 g/mol. The van der Waals surface area contributed by atoms with E-state index in [1.807, 2.05) is 16.9 Å². The number of pyridine rings is 1. The molecule has 2 saturated heterocycles. The van der Waals surface area contributed by atoms with E-state index in [0.717, 1.165) is 69.3 Å². The van der Waals surface area contributed by atoms with Crippen LogP contribution in [0.2, 0.25) is 0 Å². The summed E-state index contributed by atoms with van der Waals surface area (Å²) >= 11 is 0. The summed E-state index contributed by atoms with van der Waals surface area (Å²) in [6.45, 7) is 7.39. The Hall–Kier alpha value is -2.45. The predicted octanol–water partition coefficient (Wildman–Crippen LogP) is 1.80. The molecule has 8 nitrogen and oxygen atoms in total. The van der Waals surface area contributed by atoms with E-state index in [2.05, 4.69) is 54.5 Å². The number of fused-ring (bicyclic) bond motifs is 1. The summed E-state index contributed by atoms with van der Waals surface area (Å²) in [6.07, 6.45) is 8.39. The number of nitrogens with zero attached hydrogens (tertiary/aromatic N) is 7. The zero-order valence-corrected chi connectivity index (χ0v) is 17.0. The summed E-state index contributed by atoms with van der Waals surface area (Å²) in [5.41, 5.74) is 1.29. The van der Waals surface area contributed by atoms with Crippen LogP contribution in [0.5, 0.6) is 0 Å². The van der Waals surface area contributed by atoms with Gasteiger partial charge < -0.3 is 14.4 Å². The number of hydrogen-bond acceptors (Lipinski definition) is 6. The van der Waals surface area contributed by atoms with Gasteiger partial charge in [0.05, 0.1) is 24.4 Å². The second kappa shape index (κ2) is 7.42. The van der Waals surface area contributed by atoms with E-state index in [-0.39, 0.29) is 11.5 Å². The summed E-state index contributed by atoms with van der Waals surface area (Å²) in [4.78, 5) is 13.8. The Morgan fingerprint density at radius 1 is 1.21 bits per heavy atom. The fourth-order valence-electron chi connectivity index (χ4n) is 5.10. The smallest absolute Gasteiger partial charge is 0.223 e. The SMILES string of the molecule is CCn1ncnc1N1CC(O)CC2(CCN(Cc3ncc4ccccn34)CC2)C1. The predicted molar refractivity (Wildman–Crippen MR) is 111 cm³/mol. The number of anilines is 1. The van der Waals surface area contributed by atoms with Gasteiger partial charge in [-0.2, -0.15) is 10.1 Å². The first-order valence-electron chi connectivity index (χ1n) is 10.6. The summed E-state index contributed by atoms with van der Waals surface area (Å²) in [5.74, 6) is 1.98. The van der Waals surface area contributed by atoms with Gasteiger partial charge in [0.15, 0.2) is 0 Å². The molecule has 1 atom stereocenters. The quantitative estimate of drug-likeness (QED) is 0.726. The molecule has 0 radical (unpaired) electrons. The first-order chi connectivity index (χ1) is 14.2. The maximum absolute atomic E-state index is 10.6. The summed E-state index contributed by atoms with van der Waals surface area (Å²) in [7, 11) is 0. The first kappa shape index (κ1) is 18.6. The fraction of sp³-hybridized carbons (Fsp3) is 0.571. The number of aromatic nitrogens is 5. The average Bonchev–Trinajstić information content (AvgIpc) is 3.37. The van der Waals surface area contributed by atoms with Crippen LogP contribution in [0, 0.1) is 5.41 Å². The lowest BCUT2D eigenvalue weighted by Gasteiger charge is -2.49. The highest BCUT2D eigenvalue weighted by Gasteiger charge is 2.42. The van der Waals surface area contributed by atoms with Crippen molar-refractivity contribution in [2.24, 2.45) is 5.41 Å². The molecular formula is C21H29N7O. The van der Waals surface area contributed by atoms with E-state index in [1.54, 1.807) is 6.33 Å². The van der Waals surface area contributed by atoms with Crippen molar-refractivity contribution in [3.05, 3.63) is 42.7 Å². The van der Waals surface area contributed by atoms with Gasteiger partial charge in [-0.3, -0.25) is 4.90 Å². The van der Waals surface area contributed by atoms with Crippen LogP contribution in [0.15, 0.2) is 36.9 Å². The fourth-order valence-corrected chi connectivity index (χ4v) is 5.10. The van der Waals surface area contributed by atoms with Gasteiger partial charge in [0.25, 0.3) is 0 Å². The Morgan fingerprint density at radius 3 is 2.90 bits per heavy atom. The summed E-state index contributed by atoms with van der Waals surface area (Å²) in [5, 5.41) is 14.9. The summed E-state index contributed by atoms with van der Waals surface area (Å²) < 4.78 is 4.10. The number of aryl methyl sites for hydroxylation is 1. The van der Waals surface area contributed by atoms with Gasteiger partial charge in [-0.1, -0.05) is 6.07 Å². The summed E-state index contributed by atoms with van der Waals surface area (Å²) in [6, 6.07) is 6.19. The lowest BCUT2D eigenvalue weighted by Crippen LogP contribution is -2.54. The molecule has 8 heteroatoms. The van der Waals surface area contributed by atoms with Crippen molar-refractivity contribution in [2.45, 2.75) is 45.4 Å². The van der Waals surface area contributed by atoms with Gasteiger partial charge in [0.1, 0.15) is 12.2 Å². The zero-order chi connectivity index (χ0) is 19.8. The molecule has 2 aliphatic rings. The second-order valence-electron chi connectivity index (χ2n) is 8.56. The minimum absolute atomic E-state index is 0.146. The van der Waals surface area contributed by atoms with Gasteiger partial charge in [0.2, 0.25) is 5.95 Å². The molecule has 0 amide bonds. The van der Waals surface area contributed by atoms with Crippen molar-refractivity contribution < 1.29 is 5.11 Å². The number of β-amino-alcohol motifs (C(OH)–C–C–N with tert-alkyl or cyclic N) is 1. The molecule has 3 aromatic rings. The average molecular weight is 396 g/mol. The molecule has 2 fully saturated rings. The highest BCUT2D eigenvalue weighted by atomic mass is 16.3. The van der Waals surface area contributed by atoms with E-state index < -0.39 is 0 Å². The zero-order valence-electron chi connectivity index (χ0n) is 17.0. The van der Waals surface area contributed by atoms with Crippen molar-refractivity contribution in [3.63, 3.8) is 0 Å². The van der Waals surface area contributed by atoms with Crippen LogP contribution in [0.3, 0.4) is 0 Å². The van der Waals surface area contributed by atoms with Crippen molar-refractivity contribution >= 4 is 11.5 Å². The molecule has 0 saturated carbocycles. The van der Waals surface area contributed by atoms with Crippen LogP contribution >= 0.6 is 0 Å². The number of aliphatic hydroxyl groups is 1. The normalized spacial score (nSPS) is 22.6. The van der Waals surface area contributed by atoms with E-state index in [4.69, 9.17) is 0 Å². The van der Waals surface area contributed by atoms with Crippen molar-refractivity contribution in [1.29, 1.82) is 0 Å². The molecule has 0 bridgehead atoms. The number of rotatable bonds is 4. The molecule has 5 heterocycles. The Kier molecular flexibility index (Phi) is 4.75. The highest BCUT2D eigenvalue weighted by Crippen LogP contribution is 2.41.